The van der Waals surface area contributed by atoms with Gasteiger partial charge in [0.1, 0.15) is 11.3 Å². The Labute approximate surface area is 92.7 Å². The highest BCUT2D eigenvalue weighted by Crippen LogP contribution is 2.42. The van der Waals surface area contributed by atoms with Crippen LogP contribution >= 0.6 is 0 Å². The van der Waals surface area contributed by atoms with Gasteiger partial charge in [-0.15, -0.1) is 0 Å². The highest BCUT2D eigenvalue weighted by atomic mass is 16.4. The first-order valence-corrected chi connectivity index (χ1v) is 5.47. The Morgan fingerprint density at radius 1 is 1.44 bits per heavy atom. The first-order valence-electron chi connectivity index (χ1n) is 5.47. The number of fused-ring (bicyclic) bond motifs is 1. The van der Waals surface area contributed by atoms with Gasteiger partial charge in [0, 0.05) is 16.9 Å². The lowest BCUT2D eigenvalue weighted by Gasteiger charge is -1.97. The fraction of sp³-hybridized carbons (Fsp3) is 0.308. The van der Waals surface area contributed by atoms with E-state index in [1.807, 2.05) is 24.3 Å². The predicted molar refractivity (Wildman–Crippen MR) is 59.5 cm³/mol. The smallest absolute Gasteiger partial charge is 0.307 e. The van der Waals surface area contributed by atoms with Crippen LogP contribution in [-0.2, 0) is 11.2 Å². The number of carboxylic acids is 1. The van der Waals surface area contributed by atoms with Gasteiger partial charge in [-0.25, -0.2) is 0 Å². The lowest BCUT2D eigenvalue weighted by atomic mass is 10.1. The van der Waals surface area contributed by atoms with Crippen molar-refractivity contribution in [2.45, 2.75) is 25.2 Å². The van der Waals surface area contributed by atoms with E-state index < -0.39 is 5.97 Å². The van der Waals surface area contributed by atoms with Crippen LogP contribution in [0.15, 0.2) is 28.7 Å². The molecule has 1 saturated carbocycles. The van der Waals surface area contributed by atoms with Gasteiger partial charge in [0.2, 0.25) is 0 Å². The van der Waals surface area contributed by atoms with E-state index in [0.717, 1.165) is 22.3 Å². The summed E-state index contributed by atoms with van der Waals surface area (Å²) in [5, 5.41) is 9.83. The monoisotopic (exact) mass is 216 g/mol. The van der Waals surface area contributed by atoms with E-state index in [4.69, 9.17) is 9.52 Å². The van der Waals surface area contributed by atoms with E-state index in [2.05, 4.69) is 0 Å². The molecule has 0 radical (unpaired) electrons. The Hall–Kier alpha value is -1.77. The van der Waals surface area contributed by atoms with Gasteiger partial charge in [-0.3, -0.25) is 4.79 Å². The van der Waals surface area contributed by atoms with Gasteiger partial charge >= 0.3 is 5.97 Å². The first-order chi connectivity index (χ1) is 7.74. The second-order valence-corrected chi connectivity index (χ2v) is 4.33. The summed E-state index contributed by atoms with van der Waals surface area (Å²) in [6.07, 6.45) is 2.40. The third kappa shape index (κ3) is 1.58. The number of aliphatic carboxylic acids is 1. The molecule has 0 amide bonds. The molecule has 1 aromatic heterocycles. The highest BCUT2D eigenvalue weighted by molar-refractivity contribution is 5.85. The second-order valence-electron chi connectivity index (χ2n) is 4.33. The number of benzene rings is 1. The van der Waals surface area contributed by atoms with Crippen LogP contribution in [0.25, 0.3) is 11.0 Å². The Balaban J connectivity index is 2.09. The van der Waals surface area contributed by atoms with Crippen LogP contribution < -0.4 is 0 Å². The fourth-order valence-corrected chi connectivity index (χ4v) is 2.01. The van der Waals surface area contributed by atoms with Gasteiger partial charge in [0.05, 0.1) is 6.42 Å². The summed E-state index contributed by atoms with van der Waals surface area (Å²) in [7, 11) is 0. The Bertz CT molecular complexity index is 549. The average Bonchev–Trinajstić information content (AvgIpc) is 2.98. The zero-order valence-electron chi connectivity index (χ0n) is 8.77. The maximum atomic E-state index is 10.7. The van der Waals surface area contributed by atoms with Crippen LogP contribution in [-0.4, -0.2) is 11.1 Å². The summed E-state index contributed by atoms with van der Waals surface area (Å²) >= 11 is 0. The molecule has 1 aliphatic rings. The average molecular weight is 216 g/mol. The molecule has 3 heteroatoms. The number of carboxylic acid groups (broad SMARTS) is 1. The topological polar surface area (TPSA) is 50.4 Å². The van der Waals surface area contributed by atoms with Crippen molar-refractivity contribution in [1.29, 1.82) is 0 Å². The molecule has 16 heavy (non-hydrogen) atoms. The van der Waals surface area contributed by atoms with Crippen LogP contribution in [0.5, 0.6) is 0 Å². The molecule has 82 valence electrons. The van der Waals surface area contributed by atoms with Crippen molar-refractivity contribution in [2.75, 3.05) is 0 Å². The molecule has 0 unspecified atom stereocenters. The van der Waals surface area contributed by atoms with Crippen LogP contribution in [0, 0.1) is 0 Å². The molecule has 3 rings (SSSR count). The van der Waals surface area contributed by atoms with E-state index in [1.54, 1.807) is 0 Å². The molecule has 0 aliphatic heterocycles. The van der Waals surface area contributed by atoms with E-state index in [0.29, 0.717) is 5.92 Å². The fourth-order valence-electron chi connectivity index (χ4n) is 2.01. The van der Waals surface area contributed by atoms with Crippen molar-refractivity contribution in [1.82, 2.24) is 0 Å². The predicted octanol–water partition coefficient (Wildman–Crippen LogP) is 2.94. The number of hydrogen-bond donors (Lipinski definition) is 1. The molecule has 3 nitrogen and oxygen atoms in total. The summed E-state index contributed by atoms with van der Waals surface area (Å²) in [5.41, 5.74) is 1.50. The molecule has 0 saturated heterocycles. The molecular weight excluding hydrogens is 204 g/mol. The molecule has 0 bridgehead atoms. The van der Waals surface area contributed by atoms with Gasteiger partial charge in [-0.1, -0.05) is 18.2 Å². The Kier molecular flexibility index (Phi) is 1.99. The number of para-hydroxylation sites is 1. The lowest BCUT2D eigenvalue weighted by molar-refractivity contribution is -0.136. The summed E-state index contributed by atoms with van der Waals surface area (Å²) in [6, 6.07) is 7.71. The third-order valence-electron chi connectivity index (χ3n) is 2.97. The maximum Gasteiger partial charge on any atom is 0.307 e. The number of hydrogen-bond acceptors (Lipinski definition) is 2. The zero-order chi connectivity index (χ0) is 11.1. The van der Waals surface area contributed by atoms with Gasteiger partial charge < -0.3 is 9.52 Å². The molecular formula is C13H12O3. The highest BCUT2D eigenvalue weighted by Gasteiger charge is 2.27. The summed E-state index contributed by atoms with van der Waals surface area (Å²) < 4.78 is 5.76. The Morgan fingerprint density at radius 2 is 2.25 bits per heavy atom. The van der Waals surface area contributed by atoms with E-state index in [1.165, 1.54) is 12.8 Å². The minimum atomic E-state index is -0.822. The Morgan fingerprint density at radius 3 is 2.94 bits per heavy atom. The minimum absolute atomic E-state index is 0.0228. The van der Waals surface area contributed by atoms with Gasteiger partial charge in [0.25, 0.3) is 0 Å². The number of carbonyl (C=O) groups is 1. The molecule has 2 aromatic rings. The SMILES string of the molecule is O=C(O)Cc1cccc2cc(C3CC3)oc12. The van der Waals surface area contributed by atoms with Crippen LogP contribution in [0.4, 0.5) is 0 Å². The maximum absolute atomic E-state index is 10.7. The van der Waals surface area contributed by atoms with Gasteiger partial charge in [0.15, 0.2) is 0 Å². The van der Waals surface area contributed by atoms with E-state index >= 15 is 0 Å². The standard InChI is InChI=1S/C13H12O3/c14-12(15)7-10-3-1-2-9-6-11(8-4-5-8)16-13(9)10/h1-3,6,8H,4-5,7H2,(H,14,15). The largest absolute Gasteiger partial charge is 0.481 e. The first kappa shape index (κ1) is 9.46. The van der Waals surface area contributed by atoms with Crippen molar-refractivity contribution < 1.29 is 14.3 Å². The van der Waals surface area contributed by atoms with E-state index in [9.17, 15) is 4.79 Å². The molecule has 0 spiro atoms. The van der Waals surface area contributed by atoms with Crippen molar-refractivity contribution in [3.63, 3.8) is 0 Å². The molecule has 1 heterocycles. The molecule has 1 fully saturated rings. The third-order valence-corrected chi connectivity index (χ3v) is 2.97. The van der Waals surface area contributed by atoms with Crippen molar-refractivity contribution >= 4 is 16.9 Å². The van der Waals surface area contributed by atoms with Gasteiger partial charge in [-0.05, 0) is 18.9 Å². The summed E-state index contributed by atoms with van der Waals surface area (Å²) in [5.74, 6) is 0.745. The minimum Gasteiger partial charge on any atom is -0.481 e. The summed E-state index contributed by atoms with van der Waals surface area (Å²) in [6.45, 7) is 0. The second kappa shape index (κ2) is 3.37. The lowest BCUT2D eigenvalue weighted by Crippen LogP contribution is -1.99. The van der Waals surface area contributed by atoms with Crippen LogP contribution in [0.1, 0.15) is 30.1 Å². The molecule has 1 aliphatic carbocycles. The number of furan rings is 1. The zero-order valence-corrected chi connectivity index (χ0v) is 8.77. The van der Waals surface area contributed by atoms with E-state index in [-0.39, 0.29) is 6.42 Å². The normalized spacial score (nSPS) is 15.5. The van der Waals surface area contributed by atoms with Crippen molar-refractivity contribution in [2.24, 2.45) is 0 Å². The van der Waals surface area contributed by atoms with Crippen LogP contribution in [0.3, 0.4) is 0 Å². The molecule has 0 atom stereocenters. The number of rotatable bonds is 3. The quantitative estimate of drug-likeness (QED) is 0.858. The van der Waals surface area contributed by atoms with Crippen molar-refractivity contribution in [3.8, 4) is 0 Å². The van der Waals surface area contributed by atoms with Crippen molar-refractivity contribution in [3.05, 3.63) is 35.6 Å². The molecule has 1 N–H and O–H groups in total. The van der Waals surface area contributed by atoms with Gasteiger partial charge in [-0.2, -0.15) is 0 Å². The summed E-state index contributed by atoms with van der Waals surface area (Å²) in [4.78, 5) is 10.7. The molecule has 1 aromatic carbocycles. The van der Waals surface area contributed by atoms with Crippen LogP contribution in [0.2, 0.25) is 0 Å².